The highest BCUT2D eigenvalue weighted by Gasteiger charge is 2.01. The number of primary amides is 1. The molecule has 0 spiro atoms. The minimum atomic E-state index is -0.442. The van der Waals surface area contributed by atoms with Crippen LogP contribution in [0.1, 0.15) is 16.1 Å². The molecule has 0 saturated carbocycles. The molecule has 2 rings (SSSR count). The molecule has 0 atom stereocenters. The van der Waals surface area contributed by atoms with E-state index in [1.165, 1.54) is 0 Å². The summed E-state index contributed by atoms with van der Waals surface area (Å²) in [7, 11) is 0. The van der Waals surface area contributed by atoms with Crippen molar-refractivity contribution in [1.82, 2.24) is 4.98 Å². The van der Waals surface area contributed by atoms with Gasteiger partial charge in [0.2, 0.25) is 5.91 Å². The Morgan fingerprint density at radius 3 is 2.39 bits per heavy atom. The van der Waals surface area contributed by atoms with E-state index in [-0.39, 0.29) is 0 Å². The zero-order chi connectivity index (χ0) is 13.1. The molecule has 0 aliphatic carbocycles. The quantitative estimate of drug-likeness (QED) is 0.765. The highest BCUT2D eigenvalue weighted by Crippen LogP contribution is 2.17. The van der Waals surface area contributed by atoms with E-state index in [0.717, 1.165) is 11.4 Å². The predicted molar refractivity (Wildman–Crippen MR) is 71.6 cm³/mol. The largest absolute Gasteiger partial charge is 0.397 e. The number of amides is 1. The third kappa shape index (κ3) is 2.57. The smallest absolute Gasteiger partial charge is 0.248 e. The Kier molecular flexibility index (Phi) is 3.14. The van der Waals surface area contributed by atoms with E-state index in [1.807, 2.05) is 6.92 Å². The summed E-state index contributed by atoms with van der Waals surface area (Å²) < 4.78 is 0. The van der Waals surface area contributed by atoms with Crippen LogP contribution in [0.25, 0.3) is 0 Å². The SMILES string of the molecule is Cc1nc(Nc2ccc(C(N)=O)cc2)ccc1N. The number of hydrogen-bond acceptors (Lipinski definition) is 4. The molecule has 5 nitrogen and oxygen atoms in total. The number of pyridine rings is 1. The van der Waals surface area contributed by atoms with Crippen LogP contribution in [-0.2, 0) is 0 Å². The topological polar surface area (TPSA) is 94.0 Å². The van der Waals surface area contributed by atoms with Crippen LogP contribution in [0.2, 0.25) is 0 Å². The zero-order valence-electron chi connectivity index (χ0n) is 9.97. The lowest BCUT2D eigenvalue weighted by molar-refractivity contribution is 0.100. The first-order valence-electron chi connectivity index (χ1n) is 5.46. The molecule has 0 radical (unpaired) electrons. The van der Waals surface area contributed by atoms with E-state index in [1.54, 1.807) is 36.4 Å². The molecule has 5 N–H and O–H groups in total. The van der Waals surface area contributed by atoms with Gasteiger partial charge in [-0.1, -0.05) is 0 Å². The molecular formula is C13H14N4O. The molecule has 92 valence electrons. The van der Waals surface area contributed by atoms with Crippen LogP contribution < -0.4 is 16.8 Å². The molecule has 18 heavy (non-hydrogen) atoms. The number of hydrogen-bond donors (Lipinski definition) is 3. The lowest BCUT2D eigenvalue weighted by atomic mass is 10.2. The Hall–Kier alpha value is -2.56. The summed E-state index contributed by atoms with van der Waals surface area (Å²) in [6.45, 7) is 1.84. The molecule has 5 heteroatoms. The van der Waals surface area contributed by atoms with Gasteiger partial charge in [0, 0.05) is 11.3 Å². The van der Waals surface area contributed by atoms with Crippen molar-refractivity contribution in [2.24, 2.45) is 5.73 Å². The van der Waals surface area contributed by atoms with Gasteiger partial charge in [-0.05, 0) is 43.3 Å². The Bertz CT molecular complexity index is 578. The van der Waals surface area contributed by atoms with Crippen LogP contribution in [0, 0.1) is 6.92 Å². The molecule has 0 unspecified atom stereocenters. The van der Waals surface area contributed by atoms with Crippen molar-refractivity contribution in [3.8, 4) is 0 Å². The molecule has 0 saturated heterocycles. The molecule has 0 fully saturated rings. The van der Waals surface area contributed by atoms with Gasteiger partial charge in [-0.15, -0.1) is 0 Å². The minimum absolute atomic E-state index is 0.442. The normalized spacial score (nSPS) is 10.1. The van der Waals surface area contributed by atoms with E-state index in [4.69, 9.17) is 11.5 Å². The minimum Gasteiger partial charge on any atom is -0.397 e. The van der Waals surface area contributed by atoms with Gasteiger partial charge in [-0.3, -0.25) is 4.79 Å². The molecule has 0 aliphatic heterocycles. The number of carbonyl (C=O) groups excluding carboxylic acids is 1. The van der Waals surface area contributed by atoms with Crippen molar-refractivity contribution in [1.29, 1.82) is 0 Å². The number of anilines is 3. The molecule has 0 aliphatic rings. The van der Waals surface area contributed by atoms with Crippen molar-refractivity contribution in [2.45, 2.75) is 6.92 Å². The molecule has 1 amide bonds. The van der Waals surface area contributed by atoms with Crippen molar-refractivity contribution in [3.63, 3.8) is 0 Å². The summed E-state index contributed by atoms with van der Waals surface area (Å²) >= 11 is 0. The zero-order valence-corrected chi connectivity index (χ0v) is 9.97. The average Bonchev–Trinajstić information content (AvgIpc) is 2.34. The number of nitrogens with two attached hydrogens (primary N) is 2. The summed E-state index contributed by atoms with van der Waals surface area (Å²) in [5.41, 5.74) is 13.6. The average molecular weight is 242 g/mol. The highest BCUT2D eigenvalue weighted by molar-refractivity contribution is 5.93. The van der Waals surface area contributed by atoms with Gasteiger partial charge < -0.3 is 16.8 Å². The van der Waals surface area contributed by atoms with Crippen molar-refractivity contribution in [2.75, 3.05) is 11.1 Å². The molecule has 1 aromatic heterocycles. The van der Waals surface area contributed by atoms with Crippen molar-refractivity contribution < 1.29 is 4.79 Å². The van der Waals surface area contributed by atoms with Gasteiger partial charge in [-0.2, -0.15) is 0 Å². The Morgan fingerprint density at radius 2 is 1.83 bits per heavy atom. The van der Waals surface area contributed by atoms with E-state index in [0.29, 0.717) is 17.1 Å². The number of aryl methyl sites for hydroxylation is 1. The second kappa shape index (κ2) is 4.75. The lowest BCUT2D eigenvalue weighted by Gasteiger charge is -2.07. The Labute approximate surface area is 105 Å². The number of nitrogens with zero attached hydrogens (tertiary/aromatic N) is 1. The van der Waals surface area contributed by atoms with E-state index >= 15 is 0 Å². The van der Waals surface area contributed by atoms with Crippen LogP contribution in [0.3, 0.4) is 0 Å². The van der Waals surface area contributed by atoms with Gasteiger partial charge in [0.1, 0.15) is 5.82 Å². The first-order valence-corrected chi connectivity index (χ1v) is 5.46. The molecule has 1 heterocycles. The third-order valence-electron chi connectivity index (χ3n) is 2.57. The van der Waals surface area contributed by atoms with Crippen LogP contribution in [0.5, 0.6) is 0 Å². The summed E-state index contributed by atoms with van der Waals surface area (Å²) in [6, 6.07) is 10.5. The van der Waals surface area contributed by atoms with E-state index in [2.05, 4.69) is 10.3 Å². The number of carbonyl (C=O) groups is 1. The summed E-state index contributed by atoms with van der Waals surface area (Å²) in [6.07, 6.45) is 0. The van der Waals surface area contributed by atoms with Crippen molar-refractivity contribution >= 4 is 23.1 Å². The Balaban J connectivity index is 2.18. The third-order valence-corrected chi connectivity index (χ3v) is 2.57. The number of rotatable bonds is 3. The maximum atomic E-state index is 10.9. The molecule has 2 aromatic rings. The number of aromatic nitrogens is 1. The monoisotopic (exact) mass is 242 g/mol. The number of nitrogens with one attached hydrogen (secondary N) is 1. The first-order chi connectivity index (χ1) is 8.56. The van der Waals surface area contributed by atoms with Gasteiger partial charge >= 0.3 is 0 Å². The fourth-order valence-electron chi connectivity index (χ4n) is 1.51. The maximum absolute atomic E-state index is 10.9. The Morgan fingerprint density at radius 1 is 1.17 bits per heavy atom. The second-order valence-electron chi connectivity index (χ2n) is 3.94. The van der Waals surface area contributed by atoms with Crippen molar-refractivity contribution in [3.05, 3.63) is 47.7 Å². The molecular weight excluding hydrogens is 228 g/mol. The van der Waals surface area contributed by atoms with Crippen LogP contribution in [-0.4, -0.2) is 10.9 Å². The van der Waals surface area contributed by atoms with Crippen LogP contribution >= 0.6 is 0 Å². The summed E-state index contributed by atoms with van der Waals surface area (Å²) in [4.78, 5) is 15.2. The van der Waals surface area contributed by atoms with Gasteiger partial charge in [0.25, 0.3) is 0 Å². The van der Waals surface area contributed by atoms with E-state index in [9.17, 15) is 4.79 Å². The molecule has 0 bridgehead atoms. The highest BCUT2D eigenvalue weighted by atomic mass is 16.1. The fourth-order valence-corrected chi connectivity index (χ4v) is 1.51. The first kappa shape index (κ1) is 11.9. The van der Waals surface area contributed by atoms with Gasteiger partial charge in [0.05, 0.1) is 11.4 Å². The summed E-state index contributed by atoms with van der Waals surface area (Å²) in [5.74, 6) is 0.261. The standard InChI is InChI=1S/C13H14N4O/c1-8-11(14)6-7-12(16-8)17-10-4-2-9(3-5-10)13(15)18/h2-7H,14H2,1H3,(H2,15,18)(H,16,17). The second-order valence-corrected chi connectivity index (χ2v) is 3.94. The van der Waals surface area contributed by atoms with Crippen LogP contribution in [0.15, 0.2) is 36.4 Å². The number of nitrogen functional groups attached to an aromatic ring is 1. The summed E-state index contributed by atoms with van der Waals surface area (Å²) in [5, 5.41) is 3.12. The maximum Gasteiger partial charge on any atom is 0.248 e. The number of benzene rings is 1. The van der Waals surface area contributed by atoms with Crippen LogP contribution in [0.4, 0.5) is 17.2 Å². The fraction of sp³-hybridized carbons (Fsp3) is 0.0769. The lowest BCUT2D eigenvalue weighted by Crippen LogP contribution is -2.10. The predicted octanol–water partition coefficient (Wildman–Crippen LogP) is 1.81. The molecule has 1 aromatic carbocycles. The van der Waals surface area contributed by atoms with Gasteiger partial charge in [0.15, 0.2) is 0 Å². The van der Waals surface area contributed by atoms with E-state index < -0.39 is 5.91 Å². The van der Waals surface area contributed by atoms with Gasteiger partial charge in [-0.25, -0.2) is 4.98 Å².